The zero-order valence-corrected chi connectivity index (χ0v) is 17.5. The summed E-state index contributed by atoms with van der Waals surface area (Å²) in [6.45, 7) is 4.11. The van der Waals surface area contributed by atoms with Crippen molar-refractivity contribution in [1.82, 2.24) is 15.0 Å². The Morgan fingerprint density at radius 1 is 1.16 bits per heavy atom. The number of para-hydroxylation sites is 1. The number of rotatable bonds is 8. The van der Waals surface area contributed by atoms with Crippen LogP contribution in [0.4, 0.5) is 4.39 Å². The van der Waals surface area contributed by atoms with Crippen molar-refractivity contribution in [3.63, 3.8) is 0 Å². The first-order chi connectivity index (χ1) is 15.4. The first kappa shape index (κ1) is 21.2. The minimum atomic E-state index is -0.848. The normalized spacial score (nSPS) is 11.0. The average molecular weight is 437 g/mol. The molecule has 9 heteroatoms. The molecule has 0 aliphatic heterocycles. The van der Waals surface area contributed by atoms with Gasteiger partial charge in [-0.05, 0) is 55.7 Å². The van der Waals surface area contributed by atoms with Crippen LogP contribution in [-0.2, 0) is 4.79 Å². The third-order valence-electron chi connectivity index (χ3n) is 4.66. The van der Waals surface area contributed by atoms with E-state index < -0.39 is 11.8 Å². The summed E-state index contributed by atoms with van der Waals surface area (Å²) in [6, 6.07) is 9.65. The van der Waals surface area contributed by atoms with Crippen LogP contribution in [-0.4, -0.2) is 32.6 Å². The first-order valence-electron chi connectivity index (χ1n) is 9.93. The molecular weight excluding hydrogens is 417 g/mol. The molecule has 0 bridgehead atoms. The van der Waals surface area contributed by atoms with Crippen molar-refractivity contribution >= 4 is 17.2 Å². The number of hydrogen-bond donors (Lipinski definition) is 1. The second-order valence-electron chi connectivity index (χ2n) is 7.18. The fourth-order valence-electron chi connectivity index (χ4n) is 3.22. The number of carbonyl (C=O) groups is 1. The van der Waals surface area contributed by atoms with E-state index in [1.165, 1.54) is 18.3 Å². The Morgan fingerprint density at radius 3 is 2.62 bits per heavy atom. The number of halogens is 1. The molecule has 0 saturated heterocycles. The monoisotopic (exact) mass is 437 g/mol. The summed E-state index contributed by atoms with van der Waals surface area (Å²) < 4.78 is 30.8. The van der Waals surface area contributed by atoms with Crippen LogP contribution in [0, 0.1) is 19.7 Å². The quantitative estimate of drug-likeness (QED) is 0.380. The number of aromatic nitrogens is 3. The number of aryl methyl sites for hydroxylation is 2. The molecule has 2 aromatic carbocycles. The highest BCUT2D eigenvalue weighted by Crippen LogP contribution is 2.32. The SMILES string of the molecule is Cc1cc(-c2nc3cnc(Oc4ccccc4F)nc3o2)cc(C)c1OCCCC(=O)O. The fraction of sp³-hybridized carbons (Fsp3) is 0.217. The van der Waals surface area contributed by atoms with E-state index in [-0.39, 0.29) is 23.9 Å². The van der Waals surface area contributed by atoms with Gasteiger partial charge in [0.1, 0.15) is 11.3 Å². The number of ether oxygens (including phenoxy) is 2. The molecule has 0 saturated carbocycles. The van der Waals surface area contributed by atoms with E-state index in [0.717, 1.165) is 16.7 Å². The molecule has 2 aromatic heterocycles. The number of oxazole rings is 1. The molecule has 1 N–H and O–H groups in total. The van der Waals surface area contributed by atoms with Crippen LogP contribution in [0.2, 0.25) is 0 Å². The molecule has 0 aliphatic carbocycles. The zero-order chi connectivity index (χ0) is 22.7. The van der Waals surface area contributed by atoms with Gasteiger partial charge in [-0.1, -0.05) is 12.1 Å². The van der Waals surface area contributed by atoms with E-state index in [4.69, 9.17) is 19.0 Å². The zero-order valence-electron chi connectivity index (χ0n) is 17.5. The number of fused-ring (bicyclic) bond motifs is 1. The second kappa shape index (κ2) is 9.01. The molecule has 0 radical (unpaired) electrons. The van der Waals surface area contributed by atoms with Crippen molar-refractivity contribution in [1.29, 1.82) is 0 Å². The lowest BCUT2D eigenvalue weighted by molar-refractivity contribution is -0.137. The maximum Gasteiger partial charge on any atom is 0.325 e. The Bertz CT molecular complexity index is 1260. The van der Waals surface area contributed by atoms with Gasteiger partial charge in [0.05, 0.1) is 12.8 Å². The number of carboxylic acid groups (broad SMARTS) is 1. The third kappa shape index (κ3) is 4.66. The maximum atomic E-state index is 13.8. The third-order valence-corrected chi connectivity index (χ3v) is 4.66. The minimum Gasteiger partial charge on any atom is -0.493 e. The van der Waals surface area contributed by atoms with E-state index in [1.54, 1.807) is 12.1 Å². The summed E-state index contributed by atoms with van der Waals surface area (Å²) in [6.07, 6.45) is 1.94. The van der Waals surface area contributed by atoms with Crippen molar-refractivity contribution in [2.24, 2.45) is 0 Å². The second-order valence-corrected chi connectivity index (χ2v) is 7.18. The summed E-state index contributed by atoms with van der Waals surface area (Å²) >= 11 is 0. The highest BCUT2D eigenvalue weighted by atomic mass is 19.1. The van der Waals surface area contributed by atoms with Crippen molar-refractivity contribution in [2.45, 2.75) is 26.7 Å². The van der Waals surface area contributed by atoms with Crippen LogP contribution in [0.5, 0.6) is 17.5 Å². The number of hydrogen-bond acceptors (Lipinski definition) is 7. The fourth-order valence-corrected chi connectivity index (χ4v) is 3.22. The number of benzene rings is 2. The van der Waals surface area contributed by atoms with Crippen LogP contribution >= 0.6 is 0 Å². The van der Waals surface area contributed by atoms with E-state index >= 15 is 0 Å². The van der Waals surface area contributed by atoms with Gasteiger partial charge in [-0.2, -0.15) is 4.98 Å². The van der Waals surface area contributed by atoms with Crippen molar-refractivity contribution in [2.75, 3.05) is 6.61 Å². The van der Waals surface area contributed by atoms with Crippen LogP contribution in [0.3, 0.4) is 0 Å². The Kier molecular flexibility index (Phi) is 5.98. The molecule has 164 valence electrons. The van der Waals surface area contributed by atoms with Gasteiger partial charge in [0.15, 0.2) is 11.6 Å². The lowest BCUT2D eigenvalue weighted by Crippen LogP contribution is -2.04. The van der Waals surface area contributed by atoms with E-state index in [1.807, 2.05) is 26.0 Å². The van der Waals surface area contributed by atoms with Gasteiger partial charge in [-0.3, -0.25) is 4.79 Å². The van der Waals surface area contributed by atoms with E-state index in [9.17, 15) is 9.18 Å². The number of nitrogens with zero attached hydrogens (tertiary/aromatic N) is 3. The largest absolute Gasteiger partial charge is 0.493 e. The first-order valence-corrected chi connectivity index (χ1v) is 9.93. The predicted octanol–water partition coefficient (Wildman–Crippen LogP) is 5.08. The lowest BCUT2D eigenvalue weighted by Gasteiger charge is -2.13. The molecule has 4 aromatic rings. The summed E-state index contributed by atoms with van der Waals surface area (Å²) in [5.74, 6) is -0.307. The van der Waals surface area contributed by atoms with Crippen molar-refractivity contribution < 1.29 is 28.2 Å². The minimum absolute atomic E-state index is 0.0109. The molecular formula is C23H20FN3O5. The molecule has 0 amide bonds. The highest BCUT2D eigenvalue weighted by molar-refractivity contribution is 5.73. The van der Waals surface area contributed by atoms with Gasteiger partial charge in [0, 0.05) is 12.0 Å². The number of carboxylic acids is 1. The van der Waals surface area contributed by atoms with E-state index in [2.05, 4.69) is 15.0 Å². The van der Waals surface area contributed by atoms with Crippen LogP contribution < -0.4 is 9.47 Å². The molecule has 8 nitrogen and oxygen atoms in total. The highest BCUT2D eigenvalue weighted by Gasteiger charge is 2.15. The predicted molar refractivity (Wildman–Crippen MR) is 113 cm³/mol. The maximum absolute atomic E-state index is 13.8. The molecule has 32 heavy (non-hydrogen) atoms. The molecule has 0 aliphatic rings. The molecule has 0 fully saturated rings. The standard InChI is InChI=1S/C23H20FN3O5/c1-13-10-15(11-14(2)20(13)30-9-5-8-19(28)29)21-26-17-12-25-23(27-22(17)32-21)31-18-7-4-3-6-16(18)24/h3-4,6-7,10-12H,5,8-9H2,1-2H3,(H,28,29). The van der Waals surface area contributed by atoms with Gasteiger partial charge in [-0.25, -0.2) is 14.4 Å². The van der Waals surface area contributed by atoms with Crippen LogP contribution in [0.25, 0.3) is 22.7 Å². The lowest BCUT2D eigenvalue weighted by atomic mass is 10.1. The Hall–Kier alpha value is -4.01. The molecule has 0 unspecified atom stereocenters. The molecule has 2 heterocycles. The summed E-state index contributed by atoms with van der Waals surface area (Å²) in [5.41, 5.74) is 3.11. The van der Waals surface area contributed by atoms with Crippen molar-refractivity contribution in [3.8, 4) is 29.0 Å². The topological polar surface area (TPSA) is 108 Å². The van der Waals surface area contributed by atoms with Gasteiger partial charge < -0.3 is 19.0 Å². The molecule has 0 spiro atoms. The van der Waals surface area contributed by atoms with Crippen LogP contribution in [0.1, 0.15) is 24.0 Å². The Balaban J connectivity index is 1.55. The Morgan fingerprint density at radius 2 is 1.91 bits per heavy atom. The van der Waals surface area contributed by atoms with Crippen LogP contribution in [0.15, 0.2) is 47.0 Å². The van der Waals surface area contributed by atoms with Gasteiger partial charge in [0.25, 0.3) is 5.71 Å². The number of aliphatic carboxylic acids is 1. The van der Waals surface area contributed by atoms with Gasteiger partial charge in [-0.15, -0.1) is 0 Å². The van der Waals surface area contributed by atoms with Gasteiger partial charge in [0.2, 0.25) is 5.89 Å². The summed E-state index contributed by atoms with van der Waals surface area (Å²) in [4.78, 5) is 23.3. The summed E-state index contributed by atoms with van der Waals surface area (Å²) in [7, 11) is 0. The summed E-state index contributed by atoms with van der Waals surface area (Å²) in [5, 5.41) is 8.74. The molecule has 4 rings (SSSR count). The van der Waals surface area contributed by atoms with Gasteiger partial charge >= 0.3 is 12.0 Å². The average Bonchev–Trinajstić information content (AvgIpc) is 3.17. The molecule has 0 atom stereocenters. The smallest absolute Gasteiger partial charge is 0.325 e. The van der Waals surface area contributed by atoms with Crippen molar-refractivity contribution in [3.05, 3.63) is 59.5 Å². The van der Waals surface area contributed by atoms with E-state index in [0.29, 0.717) is 30.2 Å². The Labute approximate surface area is 182 Å².